The molecule has 0 spiro atoms. The maximum atomic E-state index is 2.44. The quantitative estimate of drug-likeness (QED) is 0.140. The molecule has 0 saturated carbocycles. The summed E-state index contributed by atoms with van der Waals surface area (Å²) in [4.78, 5) is 2.37. The Labute approximate surface area is 431 Å². The summed E-state index contributed by atoms with van der Waals surface area (Å²) in [5.74, 6) is 0. The molecule has 11 aromatic carbocycles. The molecule has 2 heterocycles. The fraction of sp³-hybridized carbons (Fsp3) is 0.0571. The monoisotopic (exact) mass is 952 g/mol. The molecule has 0 aliphatic carbocycles. The molecule has 2 nitrogen and oxygen atoms in total. The van der Waals surface area contributed by atoms with Gasteiger partial charge in [-0.05, 0) is 152 Å². The second kappa shape index (κ2) is 18.1. The molecule has 0 N–H and O–H groups in total. The number of hydrogen-bond acceptors (Lipinski definition) is 2. The van der Waals surface area contributed by atoms with Crippen molar-refractivity contribution in [3.63, 3.8) is 0 Å². The zero-order valence-corrected chi connectivity index (χ0v) is 41.9. The van der Waals surface area contributed by atoms with Crippen LogP contribution >= 0.6 is 11.3 Å². The first-order valence-corrected chi connectivity index (χ1v) is 26.0. The van der Waals surface area contributed by atoms with Crippen LogP contribution < -0.4 is 4.90 Å². The fourth-order valence-electron chi connectivity index (χ4n) is 10.7. The van der Waals surface area contributed by atoms with Crippen LogP contribution in [0, 0.1) is 0 Å². The number of nitrogens with zero attached hydrogens (tertiary/aromatic N) is 2. The van der Waals surface area contributed by atoms with Gasteiger partial charge in [0.1, 0.15) is 0 Å². The average Bonchev–Trinajstić information content (AvgIpc) is 3.99. The third kappa shape index (κ3) is 8.18. The van der Waals surface area contributed by atoms with Crippen LogP contribution in [0.4, 0.5) is 17.1 Å². The van der Waals surface area contributed by atoms with Crippen LogP contribution in [0.3, 0.4) is 0 Å². The van der Waals surface area contributed by atoms with Gasteiger partial charge in [0, 0.05) is 53.7 Å². The molecule has 73 heavy (non-hydrogen) atoms. The van der Waals surface area contributed by atoms with Crippen molar-refractivity contribution < 1.29 is 0 Å². The van der Waals surface area contributed by atoms with Crippen LogP contribution in [0.15, 0.2) is 261 Å². The van der Waals surface area contributed by atoms with Crippen LogP contribution in [0.2, 0.25) is 0 Å². The molecule has 13 aromatic rings. The van der Waals surface area contributed by atoms with Gasteiger partial charge in [0.25, 0.3) is 0 Å². The summed E-state index contributed by atoms with van der Waals surface area (Å²) in [6.07, 6.45) is 0. The zero-order chi connectivity index (χ0) is 49.0. The molecule has 3 heteroatoms. The van der Waals surface area contributed by atoms with E-state index >= 15 is 0 Å². The fourth-order valence-corrected chi connectivity index (χ4v) is 12.0. The van der Waals surface area contributed by atoms with Gasteiger partial charge in [-0.25, -0.2) is 0 Å². The van der Waals surface area contributed by atoms with E-state index in [2.05, 4.69) is 291 Å². The van der Waals surface area contributed by atoms with Crippen LogP contribution in [0.25, 0.3) is 103 Å². The molecular formula is C70H52N2S. The normalized spacial score (nSPS) is 11.8. The predicted octanol–water partition coefficient (Wildman–Crippen LogP) is 20.3. The average molecular weight is 953 g/mol. The molecule has 0 atom stereocenters. The van der Waals surface area contributed by atoms with Crippen molar-refractivity contribution in [3.05, 3.63) is 266 Å². The van der Waals surface area contributed by atoms with Crippen molar-refractivity contribution in [2.75, 3.05) is 4.90 Å². The van der Waals surface area contributed by atoms with Gasteiger partial charge in [-0.1, -0.05) is 197 Å². The second-order valence-corrected chi connectivity index (χ2v) is 21.2. The molecule has 0 bridgehead atoms. The third-order valence-electron chi connectivity index (χ3n) is 14.6. The molecule has 0 aliphatic rings. The molecule has 13 rings (SSSR count). The van der Waals surface area contributed by atoms with Gasteiger partial charge in [0.2, 0.25) is 0 Å². The van der Waals surface area contributed by atoms with Crippen molar-refractivity contribution >= 4 is 70.4 Å². The molecule has 0 fully saturated rings. The van der Waals surface area contributed by atoms with Gasteiger partial charge in [-0.15, -0.1) is 11.3 Å². The van der Waals surface area contributed by atoms with Crippen LogP contribution in [-0.2, 0) is 5.41 Å². The second-order valence-electron chi connectivity index (χ2n) is 20.2. The summed E-state index contributed by atoms with van der Waals surface area (Å²) in [5, 5.41) is 5.11. The van der Waals surface area contributed by atoms with Gasteiger partial charge in [-0.3, -0.25) is 0 Å². The lowest BCUT2D eigenvalue weighted by Crippen LogP contribution is -2.11. The molecule has 0 amide bonds. The standard InChI is InChI=1S/C70H52N2S/c1-70(2,3)56-21-13-22-60(46-56)72-66-41-33-53(48-17-8-5-9-18-48)44-64(66)65-45-54(34-42-67(65)72)51-31-39-59(40-32-51)71(57-35-27-49(28-36-57)47-15-6-4-7-16-47)58-37-29-50(30-38-58)52-19-12-20-55(43-52)61-24-14-25-63-62-23-10-11-26-68(62)73-69(61)63/h4-46H,1-3H3. The maximum Gasteiger partial charge on any atom is 0.0541 e. The first kappa shape index (κ1) is 44.2. The SMILES string of the molecule is CC(C)(C)c1cccc(-n2c3ccc(-c4ccccc4)cc3c3cc(-c4ccc(N(c5ccc(-c6ccccc6)cc5)c5ccc(-c6cccc(-c7cccc8c7sc7ccccc78)c6)cc5)cc4)ccc32)c1. The summed E-state index contributed by atoms with van der Waals surface area (Å²) in [6.45, 7) is 6.86. The van der Waals surface area contributed by atoms with E-state index in [-0.39, 0.29) is 5.41 Å². The maximum absolute atomic E-state index is 2.44. The summed E-state index contributed by atoms with van der Waals surface area (Å²) < 4.78 is 5.10. The van der Waals surface area contributed by atoms with Gasteiger partial charge < -0.3 is 9.47 Å². The molecule has 0 aliphatic heterocycles. The molecule has 348 valence electrons. The summed E-state index contributed by atoms with van der Waals surface area (Å²) >= 11 is 1.88. The van der Waals surface area contributed by atoms with Gasteiger partial charge in [0.05, 0.1) is 11.0 Å². The van der Waals surface area contributed by atoms with Gasteiger partial charge in [-0.2, -0.15) is 0 Å². The lowest BCUT2D eigenvalue weighted by Gasteiger charge is -2.26. The summed E-state index contributed by atoms with van der Waals surface area (Å²) in [6, 6.07) is 95.9. The van der Waals surface area contributed by atoms with Crippen molar-refractivity contribution in [2.45, 2.75) is 26.2 Å². The van der Waals surface area contributed by atoms with E-state index in [0.717, 1.165) is 17.1 Å². The van der Waals surface area contributed by atoms with E-state index in [4.69, 9.17) is 0 Å². The number of hydrogen-bond donors (Lipinski definition) is 0. The van der Waals surface area contributed by atoms with Crippen molar-refractivity contribution in [2.24, 2.45) is 0 Å². The van der Waals surface area contributed by atoms with Crippen molar-refractivity contribution in [1.29, 1.82) is 0 Å². The predicted molar refractivity (Wildman–Crippen MR) is 314 cm³/mol. The summed E-state index contributed by atoms with van der Waals surface area (Å²) in [7, 11) is 0. The summed E-state index contributed by atoms with van der Waals surface area (Å²) in [5.41, 5.74) is 20.2. The van der Waals surface area contributed by atoms with Gasteiger partial charge in [0.15, 0.2) is 0 Å². The van der Waals surface area contributed by atoms with E-state index in [1.54, 1.807) is 0 Å². The Morgan fingerprint density at radius 2 is 0.767 bits per heavy atom. The third-order valence-corrected chi connectivity index (χ3v) is 15.8. The molecular weight excluding hydrogens is 901 g/mol. The minimum Gasteiger partial charge on any atom is -0.311 e. The first-order chi connectivity index (χ1) is 35.8. The topological polar surface area (TPSA) is 8.17 Å². The Kier molecular flexibility index (Phi) is 11.0. The highest BCUT2D eigenvalue weighted by Crippen LogP contribution is 2.43. The number of rotatable bonds is 9. The minimum absolute atomic E-state index is 0.0309. The van der Waals surface area contributed by atoms with E-state index in [0.29, 0.717) is 0 Å². The van der Waals surface area contributed by atoms with E-state index in [1.165, 1.54) is 109 Å². The zero-order valence-electron chi connectivity index (χ0n) is 41.1. The number of aromatic nitrogens is 1. The highest BCUT2D eigenvalue weighted by atomic mass is 32.1. The van der Waals surface area contributed by atoms with E-state index in [1.807, 2.05) is 11.3 Å². The minimum atomic E-state index is 0.0309. The molecule has 0 radical (unpaired) electrons. The van der Waals surface area contributed by atoms with Crippen LogP contribution in [-0.4, -0.2) is 4.57 Å². The van der Waals surface area contributed by atoms with Crippen LogP contribution in [0.1, 0.15) is 26.3 Å². The van der Waals surface area contributed by atoms with E-state index < -0.39 is 0 Å². The smallest absolute Gasteiger partial charge is 0.0541 e. The van der Waals surface area contributed by atoms with Crippen molar-refractivity contribution in [1.82, 2.24) is 4.57 Å². The first-order valence-electron chi connectivity index (χ1n) is 25.2. The molecule has 0 saturated heterocycles. The Morgan fingerprint density at radius 3 is 1.36 bits per heavy atom. The highest BCUT2D eigenvalue weighted by Gasteiger charge is 2.20. The Hall–Kier alpha value is -8.76. The van der Waals surface area contributed by atoms with Gasteiger partial charge >= 0.3 is 0 Å². The van der Waals surface area contributed by atoms with Crippen LogP contribution in [0.5, 0.6) is 0 Å². The number of anilines is 3. The lowest BCUT2D eigenvalue weighted by atomic mass is 9.87. The number of benzene rings is 11. The highest BCUT2D eigenvalue weighted by molar-refractivity contribution is 7.26. The van der Waals surface area contributed by atoms with Crippen molar-refractivity contribution in [3.8, 4) is 61.3 Å². The number of thiophene rings is 1. The Morgan fingerprint density at radius 1 is 0.329 bits per heavy atom. The molecule has 0 unspecified atom stereocenters. The lowest BCUT2D eigenvalue weighted by molar-refractivity contribution is 0.590. The largest absolute Gasteiger partial charge is 0.311 e. The Bertz CT molecular complexity index is 4140. The Balaban J connectivity index is 0.875. The number of fused-ring (bicyclic) bond motifs is 6. The molecule has 2 aromatic heterocycles. The van der Waals surface area contributed by atoms with E-state index in [9.17, 15) is 0 Å².